The molecule has 0 fully saturated rings. The highest BCUT2D eigenvalue weighted by molar-refractivity contribution is 5.40. The maximum absolute atomic E-state index is 12.5. The van der Waals surface area contributed by atoms with Gasteiger partial charge in [0, 0.05) is 5.56 Å². The number of rotatable bonds is 2. The van der Waals surface area contributed by atoms with Crippen molar-refractivity contribution >= 4 is 0 Å². The van der Waals surface area contributed by atoms with E-state index in [-0.39, 0.29) is 0 Å². The number of hydrogen-bond acceptors (Lipinski definition) is 4. The van der Waals surface area contributed by atoms with Crippen LogP contribution in [0.5, 0.6) is 11.6 Å². The van der Waals surface area contributed by atoms with Crippen LogP contribution in [0.2, 0.25) is 0 Å². The Balaban J connectivity index is 3.35. The lowest BCUT2D eigenvalue weighted by molar-refractivity contribution is -0.277. The summed E-state index contributed by atoms with van der Waals surface area (Å²) in [4.78, 5) is 2.58. The Morgan fingerprint density at radius 3 is 2.26 bits per heavy atom. The van der Waals surface area contributed by atoms with Crippen LogP contribution in [0, 0.1) is 11.3 Å². The maximum atomic E-state index is 12.5. The summed E-state index contributed by atoms with van der Waals surface area (Å²) >= 11 is 0. The minimum absolute atomic E-state index is 0.361. The van der Waals surface area contributed by atoms with Gasteiger partial charge in [0.1, 0.15) is 0 Å². The highest BCUT2D eigenvalue weighted by Gasteiger charge is 2.39. The molecule has 0 spiro atoms. The molecule has 0 aliphatic heterocycles. The second kappa shape index (κ2) is 4.83. The average Bonchev–Trinajstić information content (AvgIpc) is 2.18. The zero-order valence-corrected chi connectivity index (χ0v) is 8.80. The molecule has 0 aliphatic rings. The highest BCUT2D eigenvalue weighted by Crippen LogP contribution is 2.37. The summed E-state index contributed by atoms with van der Waals surface area (Å²) in [5, 5.41) is 17.4. The van der Waals surface area contributed by atoms with Crippen molar-refractivity contribution in [3.8, 4) is 17.7 Å². The summed E-state index contributed by atoms with van der Waals surface area (Å²) in [5.41, 5.74) is -2.46. The lowest BCUT2D eigenvalue weighted by atomic mass is 10.1. The van der Waals surface area contributed by atoms with Gasteiger partial charge in [-0.15, -0.1) is 13.2 Å². The fourth-order valence-corrected chi connectivity index (χ4v) is 1.18. The predicted molar refractivity (Wildman–Crippen MR) is 46.9 cm³/mol. The standard InChI is InChI=1S/C9H4F6N2O2/c10-8(11,12)6-4(1-2-16)3-5(18)7(17-6)19-9(13,14)15/h3,18H,1H2. The van der Waals surface area contributed by atoms with E-state index in [0.29, 0.717) is 6.07 Å². The first-order valence-corrected chi connectivity index (χ1v) is 4.47. The van der Waals surface area contributed by atoms with Gasteiger partial charge < -0.3 is 9.84 Å². The van der Waals surface area contributed by atoms with Crippen molar-refractivity contribution in [1.82, 2.24) is 4.98 Å². The Hall–Kier alpha value is -2.18. The van der Waals surface area contributed by atoms with Crippen molar-refractivity contribution in [3.05, 3.63) is 17.3 Å². The largest absolute Gasteiger partial charge is 0.574 e. The van der Waals surface area contributed by atoms with Crippen molar-refractivity contribution in [2.75, 3.05) is 0 Å². The van der Waals surface area contributed by atoms with Crippen LogP contribution in [0.15, 0.2) is 6.07 Å². The zero-order valence-electron chi connectivity index (χ0n) is 8.80. The Kier molecular flexibility index (Phi) is 3.78. The molecule has 0 saturated carbocycles. The first-order chi connectivity index (χ1) is 8.54. The number of nitrogens with zero attached hydrogens (tertiary/aromatic N) is 2. The molecule has 104 valence electrons. The third-order valence-corrected chi connectivity index (χ3v) is 1.80. The van der Waals surface area contributed by atoms with Gasteiger partial charge in [-0.2, -0.15) is 18.4 Å². The van der Waals surface area contributed by atoms with Gasteiger partial charge in [-0.25, -0.2) is 4.98 Å². The molecule has 0 aromatic carbocycles. The van der Waals surface area contributed by atoms with Crippen LogP contribution in [0.25, 0.3) is 0 Å². The lowest BCUT2D eigenvalue weighted by Gasteiger charge is -2.14. The third kappa shape index (κ3) is 3.90. The van der Waals surface area contributed by atoms with E-state index in [9.17, 15) is 26.3 Å². The topological polar surface area (TPSA) is 66.1 Å². The quantitative estimate of drug-likeness (QED) is 0.849. The molecule has 1 rings (SSSR count). The van der Waals surface area contributed by atoms with E-state index in [1.807, 2.05) is 0 Å². The molecule has 1 heterocycles. The normalized spacial score (nSPS) is 12.1. The van der Waals surface area contributed by atoms with E-state index in [1.54, 1.807) is 0 Å². The highest BCUT2D eigenvalue weighted by atomic mass is 19.4. The molecular weight excluding hydrogens is 282 g/mol. The van der Waals surface area contributed by atoms with Crippen molar-refractivity contribution < 1.29 is 36.2 Å². The number of aromatic nitrogens is 1. The summed E-state index contributed by atoms with van der Waals surface area (Å²) < 4.78 is 76.4. The van der Waals surface area contributed by atoms with Crippen molar-refractivity contribution in [2.24, 2.45) is 0 Å². The fourth-order valence-electron chi connectivity index (χ4n) is 1.18. The molecule has 1 aromatic heterocycles. The van der Waals surface area contributed by atoms with Crippen LogP contribution in [-0.4, -0.2) is 16.5 Å². The first kappa shape index (κ1) is 14.9. The molecule has 0 bridgehead atoms. The van der Waals surface area contributed by atoms with Gasteiger partial charge in [0.25, 0.3) is 5.88 Å². The Morgan fingerprint density at radius 2 is 1.84 bits per heavy atom. The first-order valence-electron chi connectivity index (χ1n) is 4.47. The predicted octanol–water partition coefficient (Wildman–Crippen LogP) is 2.77. The van der Waals surface area contributed by atoms with Gasteiger partial charge in [0.15, 0.2) is 11.4 Å². The number of pyridine rings is 1. The van der Waals surface area contributed by atoms with Gasteiger partial charge >= 0.3 is 12.5 Å². The number of hydrogen-bond donors (Lipinski definition) is 1. The van der Waals surface area contributed by atoms with Gasteiger partial charge in [-0.05, 0) is 6.07 Å². The number of ether oxygens (including phenoxy) is 1. The summed E-state index contributed by atoms with van der Waals surface area (Å²) in [6, 6.07) is 1.74. The van der Waals surface area contributed by atoms with Gasteiger partial charge in [0.05, 0.1) is 12.5 Å². The molecule has 0 atom stereocenters. The SMILES string of the molecule is N#CCc1cc(O)c(OC(F)(F)F)nc1C(F)(F)F. The molecule has 1 aromatic rings. The molecule has 4 nitrogen and oxygen atoms in total. The molecule has 0 amide bonds. The fraction of sp³-hybridized carbons (Fsp3) is 0.333. The molecule has 0 radical (unpaired) electrons. The summed E-state index contributed by atoms with van der Waals surface area (Å²) in [7, 11) is 0. The third-order valence-electron chi connectivity index (χ3n) is 1.80. The van der Waals surface area contributed by atoms with Crippen LogP contribution in [-0.2, 0) is 12.6 Å². The molecule has 1 N–H and O–H groups in total. The van der Waals surface area contributed by atoms with Crippen LogP contribution < -0.4 is 4.74 Å². The average molecular weight is 286 g/mol. The number of aromatic hydroxyl groups is 1. The van der Waals surface area contributed by atoms with E-state index in [0.717, 1.165) is 0 Å². The Labute approximate surface area is 101 Å². The van der Waals surface area contributed by atoms with E-state index in [1.165, 1.54) is 6.07 Å². The van der Waals surface area contributed by atoms with Crippen LogP contribution in [0.4, 0.5) is 26.3 Å². The zero-order chi connectivity index (χ0) is 14.8. The molecule has 19 heavy (non-hydrogen) atoms. The summed E-state index contributed by atoms with van der Waals surface area (Å²) in [5.74, 6) is -2.86. The summed E-state index contributed by atoms with van der Waals surface area (Å²) in [6.07, 6.45) is -11.2. The second-order valence-electron chi connectivity index (χ2n) is 3.20. The molecule has 0 unspecified atom stereocenters. The van der Waals surface area contributed by atoms with Gasteiger partial charge in [-0.1, -0.05) is 0 Å². The molecule has 10 heteroatoms. The van der Waals surface area contributed by atoms with Crippen molar-refractivity contribution in [3.63, 3.8) is 0 Å². The monoisotopic (exact) mass is 286 g/mol. The number of nitriles is 1. The lowest BCUT2D eigenvalue weighted by Crippen LogP contribution is -2.20. The van der Waals surface area contributed by atoms with Crippen LogP contribution in [0.3, 0.4) is 0 Å². The minimum atomic E-state index is -5.30. The minimum Gasteiger partial charge on any atom is -0.503 e. The maximum Gasteiger partial charge on any atom is 0.574 e. The van der Waals surface area contributed by atoms with E-state index in [4.69, 9.17) is 10.4 Å². The summed E-state index contributed by atoms with van der Waals surface area (Å²) in [6.45, 7) is 0. The van der Waals surface area contributed by atoms with Crippen molar-refractivity contribution in [2.45, 2.75) is 19.0 Å². The molecule has 0 aliphatic carbocycles. The number of halogens is 6. The van der Waals surface area contributed by atoms with Crippen molar-refractivity contribution in [1.29, 1.82) is 5.26 Å². The Bertz CT molecular complexity index is 517. The number of alkyl halides is 6. The molecular formula is C9H4F6N2O2. The van der Waals surface area contributed by atoms with E-state index in [2.05, 4.69) is 9.72 Å². The van der Waals surface area contributed by atoms with E-state index < -0.39 is 41.8 Å². The van der Waals surface area contributed by atoms with Crippen LogP contribution in [0.1, 0.15) is 11.3 Å². The smallest absolute Gasteiger partial charge is 0.503 e. The van der Waals surface area contributed by atoms with E-state index >= 15 is 0 Å². The van der Waals surface area contributed by atoms with Gasteiger partial charge in [0.2, 0.25) is 0 Å². The molecule has 0 saturated heterocycles. The second-order valence-corrected chi connectivity index (χ2v) is 3.20. The Morgan fingerprint density at radius 1 is 1.26 bits per heavy atom. The van der Waals surface area contributed by atoms with Crippen LogP contribution >= 0.6 is 0 Å². The van der Waals surface area contributed by atoms with Gasteiger partial charge in [-0.3, -0.25) is 0 Å².